The van der Waals surface area contributed by atoms with Crippen molar-refractivity contribution in [1.29, 1.82) is 0 Å². The Morgan fingerprint density at radius 1 is 0.926 bits per heavy atom. The molecular weight excluding hydrogens is 376 g/mol. The average Bonchev–Trinajstić information content (AvgIpc) is 2.69. The number of carbonyl (C=O) groups excluding carboxylic acids is 2. The van der Waals surface area contributed by atoms with Gasteiger partial charge in [-0.3, -0.25) is 14.5 Å². The Bertz CT molecular complexity index is 678. The number of piperazine rings is 1. The van der Waals surface area contributed by atoms with Gasteiger partial charge < -0.3 is 14.5 Å². The van der Waals surface area contributed by atoms with Crippen LogP contribution in [0.2, 0.25) is 0 Å². The van der Waals surface area contributed by atoms with Crippen molar-refractivity contribution in [3.05, 3.63) is 29.8 Å². The summed E-state index contributed by atoms with van der Waals surface area (Å²) in [5.74, 6) is -1.64. The Labute approximate surface area is 161 Å². The lowest BCUT2D eigenvalue weighted by molar-refractivity contribution is -0.139. The van der Waals surface area contributed by atoms with Gasteiger partial charge in [0, 0.05) is 44.2 Å². The monoisotopic (exact) mass is 399 g/mol. The number of benzene rings is 1. The molecule has 3 rings (SSSR count). The van der Waals surface area contributed by atoms with Crippen LogP contribution < -0.4 is 0 Å². The van der Waals surface area contributed by atoms with Crippen molar-refractivity contribution in [3.63, 3.8) is 0 Å². The molecule has 0 bridgehead atoms. The molecule has 27 heavy (non-hydrogen) atoms. The van der Waals surface area contributed by atoms with E-state index in [1.165, 1.54) is 17.8 Å². The lowest BCUT2D eigenvalue weighted by Crippen LogP contribution is -2.53. The van der Waals surface area contributed by atoms with Gasteiger partial charge in [0.05, 0.1) is 25.5 Å². The number of carbonyl (C=O) groups is 2. The zero-order valence-corrected chi connectivity index (χ0v) is 15.9. The molecule has 2 heterocycles. The van der Waals surface area contributed by atoms with E-state index in [0.29, 0.717) is 50.8 Å². The fourth-order valence-electron chi connectivity index (χ4n) is 3.06. The van der Waals surface area contributed by atoms with Gasteiger partial charge in [-0.1, -0.05) is 0 Å². The van der Waals surface area contributed by atoms with Gasteiger partial charge in [0.25, 0.3) is 0 Å². The number of morpholine rings is 1. The molecule has 2 aliphatic heterocycles. The zero-order valence-electron chi connectivity index (χ0n) is 15.0. The van der Waals surface area contributed by atoms with E-state index in [2.05, 4.69) is 4.90 Å². The minimum Gasteiger partial charge on any atom is -0.379 e. The third-order valence-electron chi connectivity index (χ3n) is 4.70. The summed E-state index contributed by atoms with van der Waals surface area (Å²) in [5, 5.41) is 0. The number of halogens is 2. The summed E-state index contributed by atoms with van der Waals surface area (Å²) in [7, 11) is 0. The molecule has 2 amide bonds. The van der Waals surface area contributed by atoms with Crippen molar-refractivity contribution in [2.75, 3.05) is 64.8 Å². The first-order valence-electron chi connectivity index (χ1n) is 8.96. The molecule has 0 unspecified atom stereocenters. The largest absolute Gasteiger partial charge is 0.379 e. The van der Waals surface area contributed by atoms with Crippen molar-refractivity contribution in [2.45, 2.75) is 4.90 Å². The van der Waals surface area contributed by atoms with Crippen LogP contribution in [0.4, 0.5) is 8.78 Å². The first-order chi connectivity index (χ1) is 13.0. The first kappa shape index (κ1) is 20.0. The highest BCUT2D eigenvalue weighted by atomic mass is 32.2. The number of ether oxygens (including phenoxy) is 1. The van der Waals surface area contributed by atoms with Crippen LogP contribution in [0, 0.1) is 11.6 Å². The van der Waals surface area contributed by atoms with Gasteiger partial charge in [-0.2, -0.15) is 0 Å². The standard InChI is InChI=1S/C18H23F2N3O3S/c19-15-2-1-14(11-16(15)20)27-13-18(25)23-5-3-22(4-6-23)17(24)12-21-7-9-26-10-8-21/h1-2,11H,3-10,12-13H2. The van der Waals surface area contributed by atoms with Gasteiger partial charge in [0.15, 0.2) is 11.6 Å². The Hall–Kier alpha value is -1.71. The molecule has 9 heteroatoms. The van der Waals surface area contributed by atoms with Crippen molar-refractivity contribution >= 4 is 23.6 Å². The van der Waals surface area contributed by atoms with Gasteiger partial charge in [-0.05, 0) is 18.2 Å². The Balaban J connectivity index is 1.40. The molecule has 0 radical (unpaired) electrons. The van der Waals surface area contributed by atoms with Crippen LogP contribution in [-0.2, 0) is 14.3 Å². The number of hydrogen-bond donors (Lipinski definition) is 0. The molecule has 0 aliphatic carbocycles. The summed E-state index contributed by atoms with van der Waals surface area (Å²) in [6.45, 7) is 5.27. The highest BCUT2D eigenvalue weighted by Crippen LogP contribution is 2.21. The van der Waals surface area contributed by atoms with Crippen LogP contribution in [0.3, 0.4) is 0 Å². The molecule has 0 aromatic heterocycles. The number of amides is 2. The molecular formula is C18H23F2N3O3S. The summed E-state index contributed by atoms with van der Waals surface area (Å²) in [4.78, 5) is 30.8. The molecule has 0 N–H and O–H groups in total. The SMILES string of the molecule is O=C(CSc1ccc(F)c(F)c1)N1CCN(C(=O)CN2CCOCC2)CC1. The first-order valence-corrected chi connectivity index (χ1v) is 9.95. The number of thioether (sulfide) groups is 1. The van der Waals surface area contributed by atoms with Crippen LogP contribution >= 0.6 is 11.8 Å². The highest BCUT2D eigenvalue weighted by Gasteiger charge is 2.25. The minimum absolute atomic E-state index is 0.0648. The summed E-state index contributed by atoms with van der Waals surface area (Å²) in [6, 6.07) is 3.61. The second-order valence-electron chi connectivity index (χ2n) is 6.51. The van der Waals surface area contributed by atoms with Gasteiger partial charge in [0.1, 0.15) is 0 Å². The normalized spacial score (nSPS) is 18.6. The number of hydrogen-bond acceptors (Lipinski definition) is 5. The van der Waals surface area contributed by atoms with Crippen molar-refractivity contribution in [2.24, 2.45) is 0 Å². The van der Waals surface area contributed by atoms with Crippen LogP contribution in [-0.4, -0.2) is 91.3 Å². The van der Waals surface area contributed by atoms with Gasteiger partial charge >= 0.3 is 0 Å². The van der Waals surface area contributed by atoms with E-state index >= 15 is 0 Å². The molecule has 1 aromatic carbocycles. The summed E-state index contributed by atoms with van der Waals surface area (Å²) >= 11 is 1.18. The van der Waals surface area contributed by atoms with Gasteiger partial charge in [-0.25, -0.2) is 8.78 Å². The van der Waals surface area contributed by atoms with Crippen LogP contribution in [0.1, 0.15) is 0 Å². The smallest absolute Gasteiger partial charge is 0.236 e. The van der Waals surface area contributed by atoms with E-state index in [-0.39, 0.29) is 17.6 Å². The Morgan fingerprint density at radius 3 is 2.19 bits per heavy atom. The lowest BCUT2D eigenvalue weighted by Gasteiger charge is -2.36. The molecule has 2 aliphatic rings. The second-order valence-corrected chi connectivity index (χ2v) is 7.56. The fourth-order valence-corrected chi connectivity index (χ4v) is 3.88. The van der Waals surface area contributed by atoms with E-state index < -0.39 is 11.6 Å². The van der Waals surface area contributed by atoms with E-state index in [4.69, 9.17) is 4.74 Å². The highest BCUT2D eigenvalue weighted by molar-refractivity contribution is 8.00. The molecule has 1 aromatic rings. The quantitative estimate of drug-likeness (QED) is 0.693. The minimum atomic E-state index is -0.917. The van der Waals surface area contributed by atoms with Crippen LogP contribution in [0.15, 0.2) is 23.1 Å². The summed E-state index contributed by atoms with van der Waals surface area (Å²) < 4.78 is 31.4. The van der Waals surface area contributed by atoms with E-state index in [0.717, 1.165) is 25.2 Å². The lowest BCUT2D eigenvalue weighted by atomic mass is 10.3. The number of nitrogens with zero attached hydrogens (tertiary/aromatic N) is 3. The van der Waals surface area contributed by atoms with E-state index in [9.17, 15) is 18.4 Å². The van der Waals surface area contributed by atoms with Gasteiger partial charge in [0.2, 0.25) is 11.8 Å². The Morgan fingerprint density at radius 2 is 1.56 bits per heavy atom. The van der Waals surface area contributed by atoms with Crippen LogP contribution in [0.25, 0.3) is 0 Å². The molecule has 0 atom stereocenters. The number of rotatable bonds is 5. The van der Waals surface area contributed by atoms with E-state index in [1.807, 2.05) is 0 Å². The molecule has 2 fully saturated rings. The second kappa shape index (κ2) is 9.48. The maximum atomic E-state index is 13.2. The van der Waals surface area contributed by atoms with Crippen molar-refractivity contribution in [3.8, 4) is 0 Å². The molecule has 0 spiro atoms. The van der Waals surface area contributed by atoms with Crippen molar-refractivity contribution in [1.82, 2.24) is 14.7 Å². The molecule has 2 saturated heterocycles. The molecule has 6 nitrogen and oxygen atoms in total. The fraction of sp³-hybridized carbons (Fsp3) is 0.556. The van der Waals surface area contributed by atoms with Gasteiger partial charge in [-0.15, -0.1) is 11.8 Å². The predicted molar refractivity (Wildman–Crippen MR) is 97.5 cm³/mol. The molecule has 0 saturated carbocycles. The molecule has 148 valence electrons. The maximum absolute atomic E-state index is 13.2. The van der Waals surface area contributed by atoms with E-state index in [1.54, 1.807) is 9.80 Å². The maximum Gasteiger partial charge on any atom is 0.236 e. The third kappa shape index (κ3) is 5.63. The predicted octanol–water partition coefficient (Wildman–Crippen LogP) is 1.06. The topological polar surface area (TPSA) is 53.1 Å². The Kier molecular flexibility index (Phi) is 7.03. The third-order valence-corrected chi connectivity index (χ3v) is 5.68. The summed E-state index contributed by atoms with van der Waals surface area (Å²) in [6.07, 6.45) is 0. The summed E-state index contributed by atoms with van der Waals surface area (Å²) in [5.41, 5.74) is 0. The average molecular weight is 399 g/mol. The van der Waals surface area contributed by atoms with Crippen LogP contribution in [0.5, 0.6) is 0 Å². The van der Waals surface area contributed by atoms with Crippen molar-refractivity contribution < 1.29 is 23.1 Å². The zero-order chi connectivity index (χ0) is 19.2.